The highest BCUT2D eigenvalue weighted by atomic mass is 79.9. The molecule has 0 aliphatic carbocycles. The average Bonchev–Trinajstić information content (AvgIpc) is 2.41. The summed E-state index contributed by atoms with van der Waals surface area (Å²) in [6.07, 6.45) is 0. The number of rotatable bonds is 2. The molecule has 18 heavy (non-hydrogen) atoms. The van der Waals surface area contributed by atoms with E-state index in [1.54, 1.807) is 6.07 Å². The van der Waals surface area contributed by atoms with Crippen LogP contribution in [0.1, 0.15) is 10.4 Å². The van der Waals surface area contributed by atoms with E-state index in [0.717, 1.165) is 0 Å². The van der Waals surface area contributed by atoms with Crippen molar-refractivity contribution in [2.24, 2.45) is 0 Å². The summed E-state index contributed by atoms with van der Waals surface area (Å²) in [5.41, 5.74) is 0.00438. The normalized spacial score (nSPS) is 19.9. The summed E-state index contributed by atoms with van der Waals surface area (Å²) in [6.45, 7) is 0.840. The minimum Gasteiger partial charge on any atom is -0.394 e. The van der Waals surface area contributed by atoms with Crippen molar-refractivity contribution in [3.05, 3.63) is 34.1 Å². The van der Waals surface area contributed by atoms with Crippen LogP contribution in [0.15, 0.2) is 22.7 Å². The van der Waals surface area contributed by atoms with Gasteiger partial charge in [-0.15, -0.1) is 0 Å². The number of hydrogen-bond donors (Lipinski definition) is 1. The van der Waals surface area contributed by atoms with Crippen LogP contribution in [-0.2, 0) is 4.74 Å². The molecule has 1 aliphatic rings. The Morgan fingerprint density at radius 3 is 3.11 bits per heavy atom. The van der Waals surface area contributed by atoms with Gasteiger partial charge in [-0.1, -0.05) is 6.07 Å². The second-order valence-corrected chi connectivity index (χ2v) is 4.87. The van der Waals surface area contributed by atoms with E-state index >= 15 is 0 Å². The predicted octanol–water partition coefficient (Wildman–Crippen LogP) is 1.42. The first-order valence-corrected chi connectivity index (χ1v) is 6.38. The molecule has 1 unspecified atom stereocenters. The quantitative estimate of drug-likeness (QED) is 0.897. The molecule has 0 aromatic heterocycles. The van der Waals surface area contributed by atoms with Crippen molar-refractivity contribution < 1.29 is 19.0 Å². The van der Waals surface area contributed by atoms with Crippen LogP contribution in [0.3, 0.4) is 0 Å². The van der Waals surface area contributed by atoms with Crippen molar-refractivity contribution >= 4 is 21.8 Å². The lowest BCUT2D eigenvalue weighted by atomic mass is 10.1. The van der Waals surface area contributed by atoms with Gasteiger partial charge in [0.05, 0.1) is 35.9 Å². The highest BCUT2D eigenvalue weighted by Crippen LogP contribution is 2.21. The molecule has 1 heterocycles. The number of ether oxygens (including phenoxy) is 1. The monoisotopic (exact) mass is 317 g/mol. The highest BCUT2D eigenvalue weighted by Gasteiger charge is 2.29. The molecule has 4 nitrogen and oxygen atoms in total. The van der Waals surface area contributed by atoms with Gasteiger partial charge in [0.25, 0.3) is 5.91 Å². The van der Waals surface area contributed by atoms with Crippen LogP contribution in [0.2, 0.25) is 0 Å². The third kappa shape index (κ3) is 2.55. The Bertz CT molecular complexity index is 455. The highest BCUT2D eigenvalue weighted by molar-refractivity contribution is 9.10. The van der Waals surface area contributed by atoms with Crippen LogP contribution in [0, 0.1) is 5.82 Å². The van der Waals surface area contributed by atoms with Gasteiger partial charge in [-0.25, -0.2) is 4.39 Å². The van der Waals surface area contributed by atoms with Crippen LogP contribution in [0.4, 0.5) is 4.39 Å². The Labute approximate surface area is 112 Å². The third-order valence-electron chi connectivity index (χ3n) is 2.88. The van der Waals surface area contributed by atoms with Crippen molar-refractivity contribution in [2.75, 3.05) is 26.4 Å². The van der Waals surface area contributed by atoms with E-state index < -0.39 is 17.8 Å². The van der Waals surface area contributed by atoms with Gasteiger partial charge < -0.3 is 14.7 Å². The van der Waals surface area contributed by atoms with Gasteiger partial charge in [-0.05, 0) is 28.1 Å². The number of carbonyl (C=O) groups excluding carboxylic acids is 1. The van der Waals surface area contributed by atoms with Crippen LogP contribution in [0.5, 0.6) is 0 Å². The zero-order valence-electron chi connectivity index (χ0n) is 9.60. The number of halogens is 2. The van der Waals surface area contributed by atoms with E-state index in [9.17, 15) is 14.3 Å². The first-order valence-electron chi connectivity index (χ1n) is 5.58. The Morgan fingerprint density at radius 1 is 1.61 bits per heavy atom. The summed E-state index contributed by atoms with van der Waals surface area (Å²) in [5, 5.41) is 9.20. The van der Waals surface area contributed by atoms with Crippen LogP contribution in [-0.4, -0.2) is 48.3 Å². The molecule has 1 aliphatic heterocycles. The van der Waals surface area contributed by atoms with Gasteiger partial charge in [0, 0.05) is 6.54 Å². The Morgan fingerprint density at radius 2 is 2.39 bits per heavy atom. The van der Waals surface area contributed by atoms with E-state index in [2.05, 4.69) is 15.9 Å². The number of nitrogens with zero attached hydrogens (tertiary/aromatic N) is 1. The lowest BCUT2D eigenvalue weighted by molar-refractivity contribution is -0.0186. The molecule has 1 aromatic rings. The Hall–Kier alpha value is -0.980. The van der Waals surface area contributed by atoms with Crippen LogP contribution in [0.25, 0.3) is 0 Å². The van der Waals surface area contributed by atoms with Crippen molar-refractivity contribution in [1.82, 2.24) is 4.90 Å². The van der Waals surface area contributed by atoms with Gasteiger partial charge in [0.2, 0.25) is 0 Å². The minimum absolute atomic E-state index is 0.00438. The maximum atomic E-state index is 13.8. The predicted molar refractivity (Wildman–Crippen MR) is 66.8 cm³/mol. The number of amides is 1. The first-order chi connectivity index (χ1) is 8.65. The number of aliphatic hydroxyl groups excluding tert-OH is 1. The summed E-state index contributed by atoms with van der Waals surface area (Å²) >= 11 is 3.05. The van der Waals surface area contributed by atoms with E-state index in [-0.39, 0.29) is 23.2 Å². The number of carbonyl (C=O) groups is 1. The molecule has 0 bridgehead atoms. The van der Waals surface area contributed by atoms with Gasteiger partial charge in [0.1, 0.15) is 5.82 Å². The molecule has 1 fully saturated rings. The molecule has 0 radical (unpaired) electrons. The standard InChI is InChI=1S/C12H13BrFNO3/c13-10-3-1-2-9(11(10)14)12(17)15-4-5-18-7-8(15)6-16/h1-3,8,16H,4-7H2. The fraction of sp³-hybridized carbons (Fsp3) is 0.417. The number of benzene rings is 1. The zero-order chi connectivity index (χ0) is 13.1. The fourth-order valence-electron chi connectivity index (χ4n) is 1.90. The zero-order valence-corrected chi connectivity index (χ0v) is 11.2. The molecule has 6 heteroatoms. The van der Waals surface area contributed by atoms with Crippen molar-refractivity contribution in [3.63, 3.8) is 0 Å². The molecule has 1 atom stereocenters. The lowest BCUT2D eigenvalue weighted by Crippen LogP contribution is -2.50. The van der Waals surface area contributed by atoms with E-state index in [0.29, 0.717) is 13.2 Å². The smallest absolute Gasteiger partial charge is 0.257 e. The summed E-state index contributed by atoms with van der Waals surface area (Å²) in [6, 6.07) is 4.17. The van der Waals surface area contributed by atoms with Crippen LogP contribution >= 0.6 is 15.9 Å². The molecule has 0 spiro atoms. The summed E-state index contributed by atoms with van der Waals surface area (Å²) < 4.78 is 19.3. The van der Waals surface area contributed by atoms with Crippen molar-refractivity contribution in [1.29, 1.82) is 0 Å². The SMILES string of the molecule is O=C(c1cccc(Br)c1F)N1CCOCC1CO. The first kappa shape index (κ1) is 13.5. The van der Waals surface area contributed by atoms with E-state index in [4.69, 9.17) is 4.74 Å². The molecule has 1 amide bonds. The Kier molecular flexibility index (Phi) is 4.31. The number of aliphatic hydroxyl groups is 1. The molecule has 1 aromatic carbocycles. The topological polar surface area (TPSA) is 49.8 Å². The van der Waals surface area contributed by atoms with Gasteiger partial charge in [-0.3, -0.25) is 4.79 Å². The summed E-state index contributed by atoms with van der Waals surface area (Å²) in [5.74, 6) is -0.998. The summed E-state index contributed by atoms with van der Waals surface area (Å²) in [7, 11) is 0. The van der Waals surface area contributed by atoms with Crippen molar-refractivity contribution in [3.8, 4) is 0 Å². The molecule has 1 N–H and O–H groups in total. The maximum Gasteiger partial charge on any atom is 0.257 e. The lowest BCUT2D eigenvalue weighted by Gasteiger charge is -2.34. The molecule has 2 rings (SSSR count). The fourth-order valence-corrected chi connectivity index (χ4v) is 2.26. The average molecular weight is 318 g/mol. The van der Waals surface area contributed by atoms with Gasteiger partial charge in [0.15, 0.2) is 0 Å². The molecule has 0 saturated carbocycles. The largest absolute Gasteiger partial charge is 0.394 e. The second kappa shape index (κ2) is 5.77. The van der Waals surface area contributed by atoms with E-state index in [1.165, 1.54) is 17.0 Å². The van der Waals surface area contributed by atoms with E-state index in [1.807, 2.05) is 0 Å². The maximum absolute atomic E-state index is 13.8. The summed E-state index contributed by atoms with van der Waals surface area (Å²) in [4.78, 5) is 13.7. The molecular formula is C12H13BrFNO3. The number of morpholine rings is 1. The third-order valence-corrected chi connectivity index (χ3v) is 3.49. The number of hydrogen-bond acceptors (Lipinski definition) is 3. The molecule has 1 saturated heterocycles. The molecular weight excluding hydrogens is 305 g/mol. The van der Waals surface area contributed by atoms with Crippen molar-refractivity contribution in [2.45, 2.75) is 6.04 Å². The Balaban J connectivity index is 2.27. The minimum atomic E-state index is -0.578. The van der Waals surface area contributed by atoms with Gasteiger partial charge >= 0.3 is 0 Å². The van der Waals surface area contributed by atoms with Crippen LogP contribution < -0.4 is 0 Å². The second-order valence-electron chi connectivity index (χ2n) is 4.01. The molecule has 98 valence electrons. The van der Waals surface area contributed by atoms with Gasteiger partial charge in [-0.2, -0.15) is 0 Å².